The van der Waals surface area contributed by atoms with Crippen molar-refractivity contribution in [1.82, 2.24) is 14.9 Å². The van der Waals surface area contributed by atoms with Gasteiger partial charge < -0.3 is 15.4 Å². The molecule has 0 radical (unpaired) electrons. The summed E-state index contributed by atoms with van der Waals surface area (Å²) in [6, 6.07) is 10.3. The van der Waals surface area contributed by atoms with Gasteiger partial charge in [-0.05, 0) is 68.2 Å². The van der Waals surface area contributed by atoms with Gasteiger partial charge in [-0.25, -0.2) is 4.79 Å². The number of hydrogen-bond donors (Lipinski definition) is 3. The van der Waals surface area contributed by atoms with Gasteiger partial charge in [0.25, 0.3) is 0 Å². The number of nitrogens with zero attached hydrogens (tertiary/aromatic N) is 1. The largest absolute Gasteiger partial charge is 0.508 e. The maximum absolute atomic E-state index is 12.4. The fourth-order valence-electron chi connectivity index (χ4n) is 3.16. The minimum absolute atomic E-state index is 0. The quantitative estimate of drug-likeness (QED) is 0.350. The van der Waals surface area contributed by atoms with Gasteiger partial charge in [0, 0.05) is 24.1 Å². The van der Waals surface area contributed by atoms with E-state index in [1.807, 2.05) is 6.07 Å². The van der Waals surface area contributed by atoms with Crippen molar-refractivity contribution < 1.29 is 9.90 Å². The third-order valence-electron chi connectivity index (χ3n) is 4.84. The number of Topliss-reactive ketones (excluding diaryl/α,β-unsaturated/α-hetero) is 1. The number of aryl methyl sites for hydroxylation is 1. The summed E-state index contributed by atoms with van der Waals surface area (Å²) in [6.45, 7) is 1.62. The number of carbonyl (C=O) groups is 1. The molecular weight excluding hydrogens is 413 g/mol. The van der Waals surface area contributed by atoms with Crippen LogP contribution < -0.4 is 11.0 Å². The lowest BCUT2D eigenvalue weighted by Gasteiger charge is -2.07. The summed E-state index contributed by atoms with van der Waals surface area (Å²) >= 11 is 6.09. The van der Waals surface area contributed by atoms with Crippen molar-refractivity contribution in [3.63, 3.8) is 0 Å². The number of ketones is 1. The first-order chi connectivity index (χ1) is 13.5. The number of aromatic nitrogens is 2. The normalized spacial score (nSPS) is 10.8. The van der Waals surface area contributed by atoms with E-state index < -0.39 is 0 Å². The Bertz CT molecular complexity index is 1040. The highest BCUT2D eigenvalue weighted by atomic mass is 35.5. The molecule has 29 heavy (non-hydrogen) atoms. The van der Waals surface area contributed by atoms with Crippen LogP contribution in [0.4, 0.5) is 0 Å². The summed E-state index contributed by atoms with van der Waals surface area (Å²) in [7, 11) is 1.69. The molecule has 0 atom stereocenters. The number of hydrogen-bond acceptors (Lipinski definition) is 4. The number of rotatable bonds is 9. The van der Waals surface area contributed by atoms with Crippen LogP contribution in [0, 0.1) is 0 Å². The fraction of sp³-hybridized carbons (Fsp3) is 0.333. The zero-order chi connectivity index (χ0) is 20.1. The molecule has 0 saturated carbocycles. The Morgan fingerprint density at radius 3 is 2.72 bits per heavy atom. The number of carbonyl (C=O) groups excluding carboxylic acids is 1. The Morgan fingerprint density at radius 2 is 1.97 bits per heavy atom. The maximum Gasteiger partial charge on any atom is 0.326 e. The highest BCUT2D eigenvalue weighted by Crippen LogP contribution is 2.21. The van der Waals surface area contributed by atoms with Crippen LogP contribution >= 0.6 is 24.0 Å². The molecule has 3 N–H and O–H groups in total. The molecule has 0 spiro atoms. The number of phenolic OH excluding ortho intramolecular Hbond substituents is 1. The van der Waals surface area contributed by atoms with Gasteiger partial charge in [0.05, 0.1) is 11.0 Å². The molecule has 3 rings (SSSR count). The topological polar surface area (TPSA) is 87.1 Å². The van der Waals surface area contributed by atoms with Crippen molar-refractivity contribution in [2.24, 2.45) is 7.05 Å². The number of aromatic hydroxyl groups is 1. The molecule has 6 nitrogen and oxygen atoms in total. The minimum atomic E-state index is -0.181. The fourth-order valence-corrected chi connectivity index (χ4v) is 3.43. The van der Waals surface area contributed by atoms with Gasteiger partial charge in [-0.1, -0.05) is 17.7 Å². The zero-order valence-electron chi connectivity index (χ0n) is 16.2. The summed E-state index contributed by atoms with van der Waals surface area (Å²) in [6.07, 6.45) is 2.97. The molecule has 0 unspecified atom stereocenters. The minimum Gasteiger partial charge on any atom is -0.508 e. The Balaban J connectivity index is 0.00000300. The van der Waals surface area contributed by atoms with E-state index in [1.54, 1.807) is 37.4 Å². The molecule has 2 aromatic carbocycles. The van der Waals surface area contributed by atoms with Crippen LogP contribution in [0.15, 0.2) is 41.2 Å². The lowest BCUT2D eigenvalue weighted by Crippen LogP contribution is -2.18. The van der Waals surface area contributed by atoms with Gasteiger partial charge in [-0.2, -0.15) is 0 Å². The van der Waals surface area contributed by atoms with Crippen molar-refractivity contribution in [3.8, 4) is 5.75 Å². The van der Waals surface area contributed by atoms with Gasteiger partial charge in [0.2, 0.25) is 0 Å². The van der Waals surface area contributed by atoms with Gasteiger partial charge >= 0.3 is 5.69 Å². The van der Waals surface area contributed by atoms with Crippen LogP contribution in [0.25, 0.3) is 11.0 Å². The number of benzene rings is 2. The molecule has 0 aliphatic carbocycles. The van der Waals surface area contributed by atoms with E-state index in [1.165, 1.54) is 4.57 Å². The molecule has 156 valence electrons. The van der Waals surface area contributed by atoms with Crippen LogP contribution in [0.1, 0.15) is 35.2 Å². The van der Waals surface area contributed by atoms with Crippen molar-refractivity contribution in [1.29, 1.82) is 0 Å². The average molecular weight is 438 g/mol. The van der Waals surface area contributed by atoms with Crippen LogP contribution in [0.2, 0.25) is 5.02 Å². The van der Waals surface area contributed by atoms with Crippen molar-refractivity contribution >= 4 is 40.8 Å². The number of halogens is 2. The van der Waals surface area contributed by atoms with Crippen molar-refractivity contribution in [3.05, 3.63) is 63.0 Å². The van der Waals surface area contributed by atoms with E-state index in [0.717, 1.165) is 48.9 Å². The second kappa shape index (κ2) is 10.5. The molecule has 1 heterocycles. The standard InChI is InChI=1S/C21H24ClN3O3.ClH/c1-25-19-12-15(6-8-18(19)24-21(25)28)20(27)4-2-3-10-23-11-9-14-5-7-16(26)13-17(14)22;/h5-8,12-13,23,26H,2-4,9-11H2,1H3,(H,24,28);1H. The second-order valence-corrected chi connectivity index (χ2v) is 7.28. The summed E-state index contributed by atoms with van der Waals surface area (Å²) in [5.41, 5.74) is 2.93. The SMILES string of the molecule is Cl.Cn1c(=O)[nH]c2ccc(C(=O)CCCCNCCc3ccc(O)cc3Cl)cc21. The molecular formula is C21H25Cl2N3O3. The molecule has 0 aliphatic rings. The summed E-state index contributed by atoms with van der Waals surface area (Å²) in [4.78, 5) is 26.8. The molecule has 0 bridgehead atoms. The summed E-state index contributed by atoms with van der Waals surface area (Å²) in [5, 5.41) is 13.3. The highest BCUT2D eigenvalue weighted by Gasteiger charge is 2.09. The second-order valence-electron chi connectivity index (χ2n) is 6.88. The van der Waals surface area contributed by atoms with E-state index in [2.05, 4.69) is 10.3 Å². The molecule has 8 heteroatoms. The Kier molecular flexibility index (Phi) is 8.32. The van der Waals surface area contributed by atoms with E-state index in [-0.39, 0.29) is 29.6 Å². The van der Waals surface area contributed by atoms with Crippen LogP contribution in [0.3, 0.4) is 0 Å². The number of phenols is 1. The summed E-state index contributed by atoms with van der Waals surface area (Å²) < 4.78 is 1.51. The number of unbranched alkanes of at least 4 members (excludes halogenated alkanes) is 1. The molecule has 1 aromatic heterocycles. The van der Waals surface area contributed by atoms with Gasteiger partial charge in [0.15, 0.2) is 5.78 Å². The third-order valence-corrected chi connectivity index (χ3v) is 5.19. The maximum atomic E-state index is 12.4. The number of fused-ring (bicyclic) bond motifs is 1. The van der Waals surface area contributed by atoms with Crippen LogP contribution in [0.5, 0.6) is 5.75 Å². The first-order valence-electron chi connectivity index (χ1n) is 9.36. The lowest BCUT2D eigenvalue weighted by atomic mass is 10.0. The third kappa shape index (κ3) is 5.85. The monoisotopic (exact) mass is 437 g/mol. The lowest BCUT2D eigenvalue weighted by molar-refractivity contribution is 0.0979. The predicted octanol–water partition coefficient (Wildman–Crippen LogP) is 3.83. The van der Waals surface area contributed by atoms with Gasteiger partial charge in [-0.3, -0.25) is 9.36 Å². The number of nitrogens with one attached hydrogen (secondary N) is 2. The van der Waals surface area contributed by atoms with Crippen LogP contribution in [-0.2, 0) is 13.5 Å². The molecule has 0 saturated heterocycles. The van der Waals surface area contributed by atoms with Crippen molar-refractivity contribution in [2.75, 3.05) is 13.1 Å². The number of H-pyrrole nitrogens is 1. The van der Waals surface area contributed by atoms with E-state index in [4.69, 9.17) is 11.6 Å². The summed E-state index contributed by atoms with van der Waals surface area (Å²) in [5.74, 6) is 0.260. The molecule has 3 aromatic rings. The molecule has 0 fully saturated rings. The van der Waals surface area contributed by atoms with Gasteiger partial charge in [0.1, 0.15) is 5.75 Å². The van der Waals surface area contributed by atoms with Gasteiger partial charge in [-0.15, -0.1) is 12.4 Å². The van der Waals surface area contributed by atoms with Crippen LogP contribution in [-0.4, -0.2) is 33.5 Å². The smallest absolute Gasteiger partial charge is 0.326 e. The number of imidazole rings is 1. The van der Waals surface area contributed by atoms with E-state index >= 15 is 0 Å². The molecule has 0 aliphatic heterocycles. The average Bonchev–Trinajstić information content (AvgIpc) is 2.96. The zero-order valence-corrected chi connectivity index (χ0v) is 17.8. The number of aromatic amines is 1. The van der Waals surface area contributed by atoms with Crippen molar-refractivity contribution in [2.45, 2.75) is 25.7 Å². The first kappa shape index (κ1) is 23.0. The Labute approximate surface area is 180 Å². The van der Waals surface area contributed by atoms with E-state index in [9.17, 15) is 14.7 Å². The highest BCUT2D eigenvalue weighted by molar-refractivity contribution is 6.31. The first-order valence-corrected chi connectivity index (χ1v) is 9.73. The Morgan fingerprint density at radius 1 is 1.17 bits per heavy atom. The Hall–Kier alpha value is -2.28. The predicted molar refractivity (Wildman–Crippen MR) is 119 cm³/mol. The van der Waals surface area contributed by atoms with E-state index in [0.29, 0.717) is 17.0 Å². The molecule has 0 amide bonds.